The molecule has 2 saturated heterocycles. The minimum Gasteiger partial charge on any atom is -0.511 e. The van der Waals surface area contributed by atoms with E-state index in [2.05, 4.69) is 0 Å². The van der Waals surface area contributed by atoms with Gasteiger partial charge in [0.1, 0.15) is 18.0 Å². The van der Waals surface area contributed by atoms with Crippen molar-refractivity contribution in [3.8, 4) is 0 Å². The summed E-state index contributed by atoms with van der Waals surface area (Å²) in [5.41, 5.74) is 3.27. The predicted octanol–water partition coefficient (Wildman–Crippen LogP) is 3.60. The van der Waals surface area contributed by atoms with Gasteiger partial charge in [0.25, 0.3) is 0 Å². The Balaban J connectivity index is 1.90. The number of alkyl halides is 1. The summed E-state index contributed by atoms with van der Waals surface area (Å²) in [5, 5.41) is 10.8. The second kappa shape index (κ2) is 4.67. The van der Waals surface area contributed by atoms with Gasteiger partial charge in [-0.2, -0.15) is 0 Å². The number of rotatable bonds is 2. The van der Waals surface area contributed by atoms with E-state index in [1.54, 1.807) is 0 Å². The summed E-state index contributed by atoms with van der Waals surface area (Å²) >= 11 is 0. The topological polar surface area (TPSA) is 46.5 Å². The molecule has 1 aromatic rings. The molecular formula is C19H21FO3. The van der Waals surface area contributed by atoms with Crippen molar-refractivity contribution in [2.24, 2.45) is 11.8 Å². The van der Waals surface area contributed by atoms with Gasteiger partial charge in [-0.25, -0.2) is 4.39 Å². The van der Waals surface area contributed by atoms with E-state index in [-0.39, 0.29) is 17.6 Å². The van der Waals surface area contributed by atoms with E-state index in [0.29, 0.717) is 18.4 Å². The molecule has 0 aromatic heterocycles. The Morgan fingerprint density at radius 1 is 1.30 bits per heavy atom. The van der Waals surface area contributed by atoms with Crippen molar-refractivity contribution >= 4 is 11.4 Å². The molecule has 23 heavy (non-hydrogen) atoms. The van der Waals surface area contributed by atoms with Crippen LogP contribution in [0.3, 0.4) is 0 Å². The van der Waals surface area contributed by atoms with Gasteiger partial charge >= 0.3 is 0 Å². The number of allylic oxidation sites excluding steroid dienone is 1. The van der Waals surface area contributed by atoms with Crippen LogP contribution in [0, 0.1) is 32.6 Å². The molecule has 2 aliphatic heterocycles. The number of aliphatic hydroxyl groups is 1. The molecule has 4 rings (SSSR count). The van der Waals surface area contributed by atoms with Crippen molar-refractivity contribution in [1.82, 2.24) is 0 Å². The number of hydrogen-bond acceptors (Lipinski definition) is 3. The van der Waals surface area contributed by atoms with Gasteiger partial charge in [-0.3, -0.25) is 4.79 Å². The van der Waals surface area contributed by atoms with Crippen molar-refractivity contribution in [3.63, 3.8) is 0 Å². The molecular weight excluding hydrogens is 295 g/mol. The van der Waals surface area contributed by atoms with Gasteiger partial charge in [-0.1, -0.05) is 17.7 Å². The zero-order chi connectivity index (χ0) is 16.5. The van der Waals surface area contributed by atoms with E-state index in [4.69, 9.17) is 4.74 Å². The number of halogens is 1. The van der Waals surface area contributed by atoms with Crippen LogP contribution in [0.15, 0.2) is 17.9 Å². The average Bonchev–Trinajstić information content (AvgIpc) is 3.12. The fourth-order valence-corrected chi connectivity index (χ4v) is 5.02. The molecule has 2 fully saturated rings. The van der Waals surface area contributed by atoms with Crippen LogP contribution < -0.4 is 0 Å². The standard InChI is InChI=1S/C19H21FO3/c1-9-6-10(2)13(11(3)7-9)15-17(21)14-12-4-5-19(8-20,23-12)16(14)18(15)22/h6-7,12,14,16,22H,4-5,8H2,1-3H3/t12-,14-,16+,19-/m0/s1. The Morgan fingerprint density at radius 3 is 2.57 bits per heavy atom. The number of hydrogen-bond donors (Lipinski definition) is 1. The average molecular weight is 316 g/mol. The van der Waals surface area contributed by atoms with Crippen LogP contribution in [0.2, 0.25) is 0 Å². The van der Waals surface area contributed by atoms with Crippen LogP contribution in [0.5, 0.6) is 0 Å². The second-order valence-corrected chi connectivity index (χ2v) is 7.30. The molecule has 3 aliphatic rings. The third-order valence-electron chi connectivity index (χ3n) is 5.82. The molecule has 4 heteroatoms. The Kier molecular flexibility index (Phi) is 3.02. The van der Waals surface area contributed by atoms with Gasteiger partial charge < -0.3 is 9.84 Å². The number of carbonyl (C=O) groups excluding carboxylic acids is 1. The smallest absolute Gasteiger partial charge is 0.173 e. The number of fused-ring (bicyclic) bond motifs is 5. The first-order valence-corrected chi connectivity index (χ1v) is 8.19. The number of ether oxygens (including phenoxy) is 1. The van der Waals surface area contributed by atoms with E-state index < -0.39 is 24.1 Å². The van der Waals surface area contributed by atoms with Crippen LogP contribution in [0.4, 0.5) is 4.39 Å². The number of aryl methyl sites for hydroxylation is 3. The molecule has 1 aromatic carbocycles. The zero-order valence-corrected chi connectivity index (χ0v) is 13.6. The van der Waals surface area contributed by atoms with Crippen LogP contribution in [0.25, 0.3) is 5.57 Å². The molecule has 1 N–H and O–H groups in total. The molecule has 2 heterocycles. The van der Waals surface area contributed by atoms with E-state index in [1.807, 2.05) is 32.9 Å². The third-order valence-corrected chi connectivity index (χ3v) is 5.82. The first-order chi connectivity index (χ1) is 10.9. The fourth-order valence-electron chi connectivity index (χ4n) is 5.02. The highest BCUT2D eigenvalue weighted by molar-refractivity contribution is 6.26. The van der Waals surface area contributed by atoms with Gasteiger partial charge in [0.05, 0.1) is 23.5 Å². The molecule has 122 valence electrons. The molecule has 2 bridgehead atoms. The Morgan fingerprint density at radius 2 is 1.96 bits per heavy atom. The third kappa shape index (κ3) is 1.76. The minimum absolute atomic E-state index is 0.0369. The number of ketones is 1. The van der Waals surface area contributed by atoms with Crippen LogP contribution in [-0.2, 0) is 9.53 Å². The van der Waals surface area contributed by atoms with Crippen LogP contribution in [0.1, 0.15) is 35.1 Å². The van der Waals surface area contributed by atoms with Gasteiger partial charge in [0.15, 0.2) is 5.78 Å². The summed E-state index contributed by atoms with van der Waals surface area (Å²) in [5.74, 6) is -0.985. The molecule has 0 saturated carbocycles. The second-order valence-electron chi connectivity index (χ2n) is 7.30. The summed E-state index contributed by atoms with van der Waals surface area (Å²) in [4.78, 5) is 13.0. The monoisotopic (exact) mass is 316 g/mol. The summed E-state index contributed by atoms with van der Waals surface area (Å²) in [6.07, 6.45) is 1.02. The molecule has 0 spiro atoms. The molecule has 3 nitrogen and oxygen atoms in total. The number of Topliss-reactive ketones (excluding diaryl/α,β-unsaturated/α-hetero) is 1. The van der Waals surface area contributed by atoms with Crippen LogP contribution in [-0.4, -0.2) is 29.3 Å². The van der Waals surface area contributed by atoms with E-state index in [9.17, 15) is 14.3 Å². The van der Waals surface area contributed by atoms with Gasteiger partial charge in [-0.15, -0.1) is 0 Å². The highest BCUT2D eigenvalue weighted by Gasteiger charge is 2.66. The predicted molar refractivity (Wildman–Crippen MR) is 85.0 cm³/mol. The lowest BCUT2D eigenvalue weighted by atomic mass is 9.73. The van der Waals surface area contributed by atoms with E-state index in [0.717, 1.165) is 22.3 Å². The Labute approximate surface area is 135 Å². The van der Waals surface area contributed by atoms with Gasteiger partial charge in [-0.05, 0) is 50.3 Å². The normalized spacial score (nSPS) is 35.3. The first kappa shape index (κ1) is 14.9. The lowest BCUT2D eigenvalue weighted by molar-refractivity contribution is -0.118. The van der Waals surface area contributed by atoms with Crippen molar-refractivity contribution in [2.45, 2.75) is 45.3 Å². The van der Waals surface area contributed by atoms with Crippen molar-refractivity contribution in [3.05, 3.63) is 40.1 Å². The highest BCUT2D eigenvalue weighted by atomic mass is 19.1. The van der Waals surface area contributed by atoms with Gasteiger partial charge in [0, 0.05) is 0 Å². The quantitative estimate of drug-likeness (QED) is 0.907. The lowest BCUT2D eigenvalue weighted by Gasteiger charge is -2.29. The lowest BCUT2D eigenvalue weighted by Crippen LogP contribution is -2.40. The molecule has 4 atom stereocenters. The number of benzene rings is 1. The van der Waals surface area contributed by atoms with Crippen molar-refractivity contribution in [1.29, 1.82) is 0 Å². The van der Waals surface area contributed by atoms with Crippen LogP contribution >= 0.6 is 0 Å². The largest absolute Gasteiger partial charge is 0.511 e. The number of carbonyl (C=O) groups is 1. The maximum atomic E-state index is 13.7. The highest BCUT2D eigenvalue weighted by Crippen LogP contribution is 2.59. The Bertz CT molecular complexity index is 728. The summed E-state index contributed by atoms with van der Waals surface area (Å²) < 4.78 is 19.5. The van der Waals surface area contributed by atoms with E-state index in [1.165, 1.54) is 0 Å². The maximum Gasteiger partial charge on any atom is 0.173 e. The van der Waals surface area contributed by atoms with Crippen molar-refractivity contribution < 1.29 is 19.0 Å². The molecule has 0 amide bonds. The maximum absolute atomic E-state index is 13.7. The number of aliphatic hydroxyl groups excluding tert-OH is 1. The van der Waals surface area contributed by atoms with E-state index >= 15 is 0 Å². The first-order valence-electron chi connectivity index (χ1n) is 8.19. The van der Waals surface area contributed by atoms with Crippen molar-refractivity contribution in [2.75, 3.05) is 6.67 Å². The zero-order valence-electron chi connectivity index (χ0n) is 13.6. The molecule has 0 unspecified atom stereocenters. The molecule has 1 aliphatic carbocycles. The minimum atomic E-state index is -0.997. The van der Waals surface area contributed by atoms with Gasteiger partial charge in [0.2, 0.25) is 0 Å². The summed E-state index contributed by atoms with van der Waals surface area (Å²) in [7, 11) is 0. The fraction of sp³-hybridized carbons (Fsp3) is 0.526. The summed E-state index contributed by atoms with van der Waals surface area (Å²) in [6, 6.07) is 4.03. The molecule has 0 radical (unpaired) electrons. The Hall–Kier alpha value is -1.68. The SMILES string of the molecule is Cc1cc(C)c(C2=C(O)[C@H]3[C@@H](C2=O)[C@@H]2CC[C@@]3(CF)O2)c(C)c1. The summed E-state index contributed by atoms with van der Waals surface area (Å²) in [6.45, 7) is 5.26.